The van der Waals surface area contributed by atoms with Crippen molar-refractivity contribution in [2.24, 2.45) is 5.73 Å². The highest BCUT2D eigenvalue weighted by Crippen LogP contribution is 2.20. The zero-order valence-corrected chi connectivity index (χ0v) is 19.3. The van der Waals surface area contributed by atoms with Crippen LogP contribution in [0.2, 0.25) is 0 Å². The topological polar surface area (TPSA) is 47.3 Å². The van der Waals surface area contributed by atoms with Crippen molar-refractivity contribution >= 4 is 0 Å². The van der Waals surface area contributed by atoms with Crippen LogP contribution < -0.4 is 15.8 Å². The molecule has 0 atom stereocenters. The number of hydrogen-bond acceptors (Lipinski definition) is 3. The van der Waals surface area contributed by atoms with E-state index in [1.165, 1.54) is 38.8 Å². The third-order valence-electron chi connectivity index (χ3n) is 4.11. The Morgan fingerprint density at radius 1 is 0.933 bits per heavy atom. The first-order valence-electron chi connectivity index (χ1n) is 11.2. The zero-order valence-electron chi connectivity index (χ0n) is 19.3. The van der Waals surface area contributed by atoms with Gasteiger partial charge in [0.1, 0.15) is 11.5 Å². The van der Waals surface area contributed by atoms with Gasteiger partial charge in [-0.15, -0.1) is 6.58 Å². The Kier molecular flexibility index (Phi) is 19.7. The van der Waals surface area contributed by atoms with E-state index in [-0.39, 0.29) is 0 Å². The second-order valence-corrected chi connectivity index (χ2v) is 6.51. The third-order valence-corrected chi connectivity index (χ3v) is 4.11. The molecule has 0 radical (unpaired) electrons. The number of nitrogens with one attached hydrogen (secondary N) is 1. The smallest absolute Gasteiger partial charge is 0.127 e. The van der Waals surface area contributed by atoms with Crippen LogP contribution >= 0.6 is 0 Å². The number of unbranched alkanes of at least 4 members (excludes halogenated alkanes) is 2. The summed E-state index contributed by atoms with van der Waals surface area (Å²) in [7, 11) is 0. The van der Waals surface area contributed by atoms with E-state index in [1.54, 1.807) is 0 Å². The maximum atomic E-state index is 5.64. The lowest BCUT2D eigenvalue weighted by molar-refractivity contribution is 0.482. The Balaban J connectivity index is 0.000000470. The summed E-state index contributed by atoms with van der Waals surface area (Å²) < 4.78 is 5.64. The number of benzene rings is 2. The molecule has 0 unspecified atom stereocenters. The number of hydrogen-bond donors (Lipinski definition) is 2. The van der Waals surface area contributed by atoms with E-state index in [1.807, 2.05) is 81.4 Å². The van der Waals surface area contributed by atoms with Crippen molar-refractivity contribution in [1.29, 1.82) is 0 Å². The summed E-state index contributed by atoms with van der Waals surface area (Å²) in [6.07, 6.45) is 12.6. The fourth-order valence-electron chi connectivity index (χ4n) is 2.49. The largest absolute Gasteiger partial charge is 0.457 e. The minimum absolute atomic E-state index is 0.561. The molecule has 0 aromatic heterocycles. The predicted octanol–water partition coefficient (Wildman–Crippen LogP) is 7.25. The molecule has 1 aliphatic heterocycles. The molecule has 1 heterocycles. The number of ether oxygens (including phenoxy) is 1. The summed E-state index contributed by atoms with van der Waals surface area (Å²) >= 11 is 0. The van der Waals surface area contributed by atoms with Crippen molar-refractivity contribution in [2.75, 3.05) is 13.1 Å². The van der Waals surface area contributed by atoms with E-state index in [0.717, 1.165) is 23.5 Å². The van der Waals surface area contributed by atoms with Crippen molar-refractivity contribution in [3.05, 3.63) is 85.0 Å². The molecule has 3 rings (SSSR count). The predicted molar refractivity (Wildman–Crippen MR) is 133 cm³/mol. The SMILES string of the molecule is C1CCNC1.C=CCCC/C=C\C.CC.NCc1ccc(Oc2ccccc2)cc1. The number of nitrogens with two attached hydrogens (primary N) is 1. The molecule has 0 aliphatic carbocycles. The quantitative estimate of drug-likeness (QED) is 0.373. The standard InChI is InChI=1S/C13H13NO.C8H14.C4H9N.C2H6/c14-10-11-6-8-13(9-7-11)15-12-4-2-1-3-5-12;1-3-5-7-8-6-4-2;1-2-4-5-3-1;1-2/h1-9H,10,14H2;3-4,6H,1,5,7-8H2,2H3;5H,1-4H2;1-2H3/b;6-4-;;. The van der Waals surface area contributed by atoms with Crippen LogP contribution in [-0.2, 0) is 6.54 Å². The second-order valence-electron chi connectivity index (χ2n) is 6.51. The zero-order chi connectivity index (χ0) is 22.3. The molecule has 3 N–H and O–H groups in total. The minimum atomic E-state index is 0.561. The van der Waals surface area contributed by atoms with Crippen molar-refractivity contribution in [2.45, 2.75) is 59.4 Å². The normalized spacial score (nSPS) is 11.9. The van der Waals surface area contributed by atoms with Gasteiger partial charge >= 0.3 is 0 Å². The van der Waals surface area contributed by atoms with Crippen molar-refractivity contribution in [3.63, 3.8) is 0 Å². The summed E-state index contributed by atoms with van der Waals surface area (Å²) in [6.45, 7) is 12.7. The fourth-order valence-corrected chi connectivity index (χ4v) is 2.49. The first kappa shape index (κ1) is 27.6. The highest BCUT2D eigenvalue weighted by molar-refractivity contribution is 5.32. The highest BCUT2D eigenvalue weighted by atomic mass is 16.5. The van der Waals surface area contributed by atoms with Gasteiger partial charge in [0.2, 0.25) is 0 Å². The van der Waals surface area contributed by atoms with Crippen molar-refractivity contribution in [3.8, 4) is 11.5 Å². The number of rotatable bonds is 7. The molecule has 1 aliphatic rings. The Morgan fingerprint density at radius 3 is 2.00 bits per heavy atom. The molecular weight excluding hydrogens is 368 g/mol. The van der Waals surface area contributed by atoms with Crippen LogP contribution in [0.1, 0.15) is 58.4 Å². The summed E-state index contributed by atoms with van der Waals surface area (Å²) in [5, 5.41) is 3.22. The Hall–Kier alpha value is -2.36. The molecule has 30 heavy (non-hydrogen) atoms. The van der Waals surface area contributed by atoms with Gasteiger partial charge in [-0.25, -0.2) is 0 Å². The molecule has 0 spiro atoms. The van der Waals surface area contributed by atoms with E-state index < -0.39 is 0 Å². The summed E-state index contributed by atoms with van der Waals surface area (Å²) in [5.41, 5.74) is 6.62. The van der Waals surface area contributed by atoms with Gasteiger partial charge < -0.3 is 15.8 Å². The maximum Gasteiger partial charge on any atom is 0.127 e. The van der Waals surface area contributed by atoms with Crippen LogP contribution in [0.15, 0.2) is 79.4 Å². The van der Waals surface area contributed by atoms with Gasteiger partial charge in [-0.2, -0.15) is 0 Å². The Bertz CT molecular complexity index is 624. The molecule has 3 nitrogen and oxygen atoms in total. The maximum absolute atomic E-state index is 5.64. The molecule has 0 amide bonds. The van der Waals surface area contributed by atoms with Crippen LogP contribution in [0.3, 0.4) is 0 Å². The summed E-state index contributed by atoms with van der Waals surface area (Å²) in [6, 6.07) is 17.5. The molecule has 2 aromatic carbocycles. The van der Waals surface area contributed by atoms with Crippen molar-refractivity contribution < 1.29 is 4.74 Å². The highest BCUT2D eigenvalue weighted by Gasteiger charge is 1.96. The van der Waals surface area contributed by atoms with Crippen LogP contribution in [0.25, 0.3) is 0 Å². The Morgan fingerprint density at radius 2 is 1.53 bits per heavy atom. The molecule has 3 heteroatoms. The second kappa shape index (κ2) is 21.4. The lowest BCUT2D eigenvalue weighted by atomic mass is 10.2. The summed E-state index contributed by atoms with van der Waals surface area (Å²) in [4.78, 5) is 0. The van der Waals surface area contributed by atoms with E-state index in [2.05, 4.69) is 24.0 Å². The molecule has 166 valence electrons. The van der Waals surface area contributed by atoms with Crippen LogP contribution in [-0.4, -0.2) is 13.1 Å². The monoisotopic (exact) mass is 410 g/mol. The Labute approximate surface area is 185 Å². The van der Waals surface area contributed by atoms with Gasteiger partial charge in [-0.05, 0) is 81.9 Å². The first-order valence-corrected chi connectivity index (χ1v) is 11.2. The minimum Gasteiger partial charge on any atom is -0.457 e. The fraction of sp³-hybridized carbons (Fsp3) is 0.407. The number of para-hydroxylation sites is 1. The van der Waals surface area contributed by atoms with Gasteiger partial charge in [-0.3, -0.25) is 0 Å². The lowest BCUT2D eigenvalue weighted by Gasteiger charge is -2.05. The van der Waals surface area contributed by atoms with Crippen LogP contribution in [0.5, 0.6) is 11.5 Å². The van der Waals surface area contributed by atoms with Crippen LogP contribution in [0, 0.1) is 0 Å². The average Bonchev–Trinajstić information content (AvgIpc) is 3.40. The molecule has 0 saturated carbocycles. The molecule has 1 saturated heterocycles. The van der Waals surface area contributed by atoms with Crippen LogP contribution in [0.4, 0.5) is 0 Å². The first-order chi connectivity index (χ1) is 14.8. The van der Waals surface area contributed by atoms with Crippen molar-refractivity contribution in [1.82, 2.24) is 5.32 Å². The van der Waals surface area contributed by atoms with E-state index in [0.29, 0.717) is 6.54 Å². The van der Waals surface area contributed by atoms with Gasteiger partial charge in [-0.1, -0.05) is 62.4 Å². The molecule has 0 bridgehead atoms. The number of allylic oxidation sites excluding steroid dienone is 3. The third kappa shape index (κ3) is 15.5. The molecule has 2 aromatic rings. The lowest BCUT2D eigenvalue weighted by Crippen LogP contribution is -2.03. The average molecular weight is 411 g/mol. The summed E-state index contributed by atoms with van der Waals surface area (Å²) in [5.74, 6) is 1.68. The van der Waals surface area contributed by atoms with Gasteiger partial charge in [0.25, 0.3) is 0 Å². The van der Waals surface area contributed by atoms with E-state index >= 15 is 0 Å². The molecular formula is C27H42N2O. The molecule has 1 fully saturated rings. The van der Waals surface area contributed by atoms with E-state index in [9.17, 15) is 0 Å². The van der Waals surface area contributed by atoms with Gasteiger partial charge in [0.15, 0.2) is 0 Å². The van der Waals surface area contributed by atoms with Gasteiger partial charge in [0.05, 0.1) is 0 Å². The van der Waals surface area contributed by atoms with E-state index in [4.69, 9.17) is 10.5 Å². The van der Waals surface area contributed by atoms with Gasteiger partial charge in [0, 0.05) is 6.54 Å².